The van der Waals surface area contributed by atoms with Crippen molar-refractivity contribution in [3.63, 3.8) is 0 Å². The molecular formula is C13H21N5O. The van der Waals surface area contributed by atoms with Crippen LogP contribution in [-0.4, -0.2) is 59.4 Å². The molecule has 0 bridgehead atoms. The van der Waals surface area contributed by atoms with E-state index in [4.69, 9.17) is 0 Å². The van der Waals surface area contributed by atoms with Gasteiger partial charge in [-0.2, -0.15) is 5.10 Å². The van der Waals surface area contributed by atoms with Crippen LogP contribution in [0.15, 0.2) is 12.4 Å². The number of amides is 1. The van der Waals surface area contributed by atoms with Crippen LogP contribution in [0.25, 0.3) is 0 Å². The third-order valence-electron chi connectivity index (χ3n) is 4.01. The van der Waals surface area contributed by atoms with Crippen molar-refractivity contribution >= 4 is 11.6 Å². The number of hydrogen-bond donors (Lipinski definition) is 1. The maximum atomic E-state index is 12.7. The summed E-state index contributed by atoms with van der Waals surface area (Å²) in [5.74, 6) is 0.237. The molecule has 0 spiro atoms. The van der Waals surface area contributed by atoms with Gasteiger partial charge >= 0.3 is 0 Å². The van der Waals surface area contributed by atoms with Gasteiger partial charge in [0, 0.05) is 46.0 Å². The molecule has 3 heterocycles. The van der Waals surface area contributed by atoms with Gasteiger partial charge in [-0.1, -0.05) is 0 Å². The summed E-state index contributed by atoms with van der Waals surface area (Å²) in [6.45, 7) is 4.72. The molecule has 0 saturated carbocycles. The Kier molecular flexibility index (Phi) is 3.52. The molecular weight excluding hydrogens is 242 g/mol. The number of nitrogens with one attached hydrogen (secondary N) is 1. The van der Waals surface area contributed by atoms with Crippen molar-refractivity contribution in [2.75, 3.05) is 37.6 Å². The highest BCUT2D eigenvalue weighted by Crippen LogP contribution is 2.23. The summed E-state index contributed by atoms with van der Waals surface area (Å²) in [6, 6.07) is 0.0519. The fourth-order valence-electron chi connectivity index (χ4n) is 2.99. The molecule has 1 N–H and O–H groups in total. The monoisotopic (exact) mass is 263 g/mol. The maximum absolute atomic E-state index is 12.7. The van der Waals surface area contributed by atoms with Gasteiger partial charge in [0.25, 0.3) is 0 Å². The molecule has 19 heavy (non-hydrogen) atoms. The van der Waals surface area contributed by atoms with E-state index >= 15 is 0 Å². The average molecular weight is 263 g/mol. The van der Waals surface area contributed by atoms with E-state index in [9.17, 15) is 4.79 Å². The summed E-state index contributed by atoms with van der Waals surface area (Å²) >= 11 is 0. The Morgan fingerprint density at radius 3 is 2.79 bits per heavy atom. The smallest absolute Gasteiger partial charge is 0.244 e. The Morgan fingerprint density at radius 1 is 1.32 bits per heavy atom. The predicted molar refractivity (Wildman–Crippen MR) is 73.0 cm³/mol. The Morgan fingerprint density at radius 2 is 2.11 bits per heavy atom. The highest BCUT2D eigenvalue weighted by atomic mass is 16.2. The van der Waals surface area contributed by atoms with Gasteiger partial charge < -0.3 is 10.2 Å². The second-order valence-electron chi connectivity index (χ2n) is 5.31. The van der Waals surface area contributed by atoms with Crippen molar-refractivity contribution in [2.45, 2.75) is 18.9 Å². The van der Waals surface area contributed by atoms with Crippen molar-refractivity contribution < 1.29 is 4.79 Å². The number of aromatic nitrogens is 2. The molecule has 0 aliphatic carbocycles. The molecule has 2 fully saturated rings. The van der Waals surface area contributed by atoms with E-state index < -0.39 is 0 Å². The first kappa shape index (κ1) is 12.6. The van der Waals surface area contributed by atoms with Crippen molar-refractivity contribution in [1.82, 2.24) is 20.0 Å². The Balaban J connectivity index is 1.75. The minimum absolute atomic E-state index is 0.0519. The SMILES string of the molecule is Cn1cc(N2CCC[C@@H](N3CCNCC3)C2=O)cn1. The number of piperazine rings is 1. The standard InChI is InChI=1S/C13H21N5O/c1-16-10-11(9-15-16)18-6-2-3-12(13(18)19)17-7-4-14-5-8-17/h9-10,12,14H,2-8H2,1H3/t12-/m1/s1. The first-order valence-corrected chi connectivity index (χ1v) is 7.00. The van der Waals surface area contributed by atoms with Crippen LogP contribution in [0.3, 0.4) is 0 Å². The summed E-state index contributed by atoms with van der Waals surface area (Å²) in [5.41, 5.74) is 0.923. The summed E-state index contributed by atoms with van der Waals surface area (Å²) in [7, 11) is 1.88. The van der Waals surface area contributed by atoms with Crippen LogP contribution in [0, 0.1) is 0 Å². The molecule has 0 radical (unpaired) electrons. The van der Waals surface area contributed by atoms with Crippen molar-refractivity contribution in [1.29, 1.82) is 0 Å². The fourth-order valence-corrected chi connectivity index (χ4v) is 2.99. The Labute approximate surface area is 113 Å². The van der Waals surface area contributed by atoms with Crippen molar-refractivity contribution in [3.8, 4) is 0 Å². The number of hydrogen-bond acceptors (Lipinski definition) is 4. The van der Waals surface area contributed by atoms with E-state index in [2.05, 4.69) is 15.3 Å². The summed E-state index contributed by atoms with van der Waals surface area (Å²) < 4.78 is 1.75. The maximum Gasteiger partial charge on any atom is 0.244 e. The van der Waals surface area contributed by atoms with Crippen LogP contribution in [0.4, 0.5) is 5.69 Å². The molecule has 2 aliphatic heterocycles. The lowest BCUT2D eigenvalue weighted by Gasteiger charge is -2.39. The molecule has 0 aromatic carbocycles. The van der Waals surface area contributed by atoms with Gasteiger partial charge in [0.15, 0.2) is 0 Å². The minimum atomic E-state index is 0.0519. The molecule has 0 unspecified atom stereocenters. The molecule has 1 amide bonds. The van der Waals surface area contributed by atoms with Crippen molar-refractivity contribution in [2.24, 2.45) is 7.05 Å². The quantitative estimate of drug-likeness (QED) is 0.804. The highest BCUT2D eigenvalue weighted by Gasteiger charge is 2.34. The number of carbonyl (C=O) groups is 1. The molecule has 1 aromatic heterocycles. The number of aryl methyl sites for hydroxylation is 1. The number of anilines is 1. The van der Waals surface area contributed by atoms with E-state index in [-0.39, 0.29) is 11.9 Å². The molecule has 6 nitrogen and oxygen atoms in total. The average Bonchev–Trinajstić information content (AvgIpc) is 2.86. The van der Waals surface area contributed by atoms with E-state index in [1.807, 2.05) is 18.1 Å². The largest absolute Gasteiger partial charge is 0.314 e. The lowest BCUT2D eigenvalue weighted by molar-refractivity contribution is -0.125. The van der Waals surface area contributed by atoms with Gasteiger partial charge in [-0.25, -0.2) is 0 Å². The van der Waals surface area contributed by atoms with E-state index in [1.165, 1.54) is 0 Å². The molecule has 6 heteroatoms. The van der Waals surface area contributed by atoms with Crippen LogP contribution in [-0.2, 0) is 11.8 Å². The van der Waals surface area contributed by atoms with Gasteiger partial charge in [0.1, 0.15) is 0 Å². The summed E-state index contributed by atoms with van der Waals surface area (Å²) in [4.78, 5) is 16.9. The highest BCUT2D eigenvalue weighted by molar-refractivity contribution is 5.97. The number of carbonyl (C=O) groups excluding carboxylic acids is 1. The van der Waals surface area contributed by atoms with Crippen LogP contribution in [0.2, 0.25) is 0 Å². The normalized spacial score (nSPS) is 25.8. The second-order valence-corrected chi connectivity index (χ2v) is 5.31. The van der Waals surface area contributed by atoms with Crippen LogP contribution < -0.4 is 10.2 Å². The van der Waals surface area contributed by atoms with Crippen LogP contribution in [0.5, 0.6) is 0 Å². The van der Waals surface area contributed by atoms with Crippen LogP contribution in [0.1, 0.15) is 12.8 Å². The predicted octanol–water partition coefficient (Wildman–Crippen LogP) is -0.179. The van der Waals surface area contributed by atoms with Crippen molar-refractivity contribution in [3.05, 3.63) is 12.4 Å². The lowest BCUT2D eigenvalue weighted by atomic mass is 10.0. The van der Waals surface area contributed by atoms with E-state index in [1.54, 1.807) is 10.9 Å². The zero-order valence-corrected chi connectivity index (χ0v) is 11.4. The first-order chi connectivity index (χ1) is 9.25. The molecule has 104 valence electrons. The third-order valence-corrected chi connectivity index (χ3v) is 4.01. The second kappa shape index (κ2) is 5.30. The zero-order chi connectivity index (χ0) is 13.2. The minimum Gasteiger partial charge on any atom is -0.314 e. The lowest BCUT2D eigenvalue weighted by Crippen LogP contribution is -2.57. The molecule has 3 rings (SSSR count). The van der Waals surface area contributed by atoms with Crippen LogP contribution >= 0.6 is 0 Å². The van der Waals surface area contributed by atoms with Gasteiger partial charge in [-0.3, -0.25) is 14.4 Å². The first-order valence-electron chi connectivity index (χ1n) is 7.00. The molecule has 1 aromatic rings. The van der Waals surface area contributed by atoms with Gasteiger partial charge in [-0.15, -0.1) is 0 Å². The van der Waals surface area contributed by atoms with E-state index in [0.717, 1.165) is 51.3 Å². The van der Waals surface area contributed by atoms with Gasteiger partial charge in [0.2, 0.25) is 5.91 Å². The van der Waals surface area contributed by atoms with Gasteiger partial charge in [0.05, 0.1) is 17.9 Å². The Hall–Kier alpha value is -1.40. The van der Waals surface area contributed by atoms with E-state index in [0.29, 0.717) is 0 Å². The number of nitrogens with zero attached hydrogens (tertiary/aromatic N) is 4. The number of rotatable bonds is 2. The molecule has 2 saturated heterocycles. The third kappa shape index (κ3) is 2.50. The molecule has 2 aliphatic rings. The zero-order valence-electron chi connectivity index (χ0n) is 11.4. The van der Waals surface area contributed by atoms with Gasteiger partial charge in [-0.05, 0) is 12.8 Å². The topological polar surface area (TPSA) is 53.4 Å². The summed E-state index contributed by atoms with van der Waals surface area (Å²) in [5, 5.41) is 7.50. The number of piperidine rings is 1. The summed E-state index contributed by atoms with van der Waals surface area (Å²) in [6.07, 6.45) is 5.74. The fraction of sp³-hybridized carbons (Fsp3) is 0.692. The Bertz CT molecular complexity index is 452. The molecule has 1 atom stereocenters.